The molecule has 4 unspecified atom stereocenters. The molecule has 180 valence electrons. The molecule has 0 aliphatic heterocycles. The van der Waals surface area contributed by atoms with E-state index in [0.717, 1.165) is 19.3 Å². The predicted octanol–water partition coefficient (Wildman–Crippen LogP) is 3.78. The number of alkyl carbamates (subject to hydrolysis) is 1. The van der Waals surface area contributed by atoms with Gasteiger partial charge < -0.3 is 20.3 Å². The minimum Gasteiger partial charge on any atom is -0.444 e. The molecule has 1 fully saturated rings. The molecule has 0 bridgehead atoms. The van der Waals surface area contributed by atoms with E-state index in [2.05, 4.69) is 16.6 Å². The standard InChI is InChI=1S/C26H37N3O4/c1-8-10-15-27-23(30)22(20-14-12-11-13-19(20)9-2)29(21-16-17(21)3)24(31)18(4)28-25(32)33-26(5,6)7/h2,11-14,17-18,21-22H,8,10,15-16H2,1,3-7H3,(H,27,30)(H,28,32). The number of nitrogens with zero attached hydrogens (tertiary/aromatic N) is 1. The molecule has 0 saturated heterocycles. The van der Waals surface area contributed by atoms with Crippen LogP contribution in [0, 0.1) is 18.3 Å². The molecule has 1 aliphatic rings. The van der Waals surface area contributed by atoms with Crippen LogP contribution < -0.4 is 10.6 Å². The molecule has 4 atom stereocenters. The normalized spacial score (nSPS) is 18.9. The van der Waals surface area contributed by atoms with Crippen molar-refractivity contribution in [1.29, 1.82) is 0 Å². The first-order valence-corrected chi connectivity index (χ1v) is 11.6. The van der Waals surface area contributed by atoms with Crippen LogP contribution in [0.4, 0.5) is 4.79 Å². The molecule has 0 spiro atoms. The molecule has 1 aliphatic carbocycles. The van der Waals surface area contributed by atoms with Crippen LogP contribution in [0.3, 0.4) is 0 Å². The first-order chi connectivity index (χ1) is 15.5. The van der Waals surface area contributed by atoms with Crippen LogP contribution in [0.2, 0.25) is 0 Å². The van der Waals surface area contributed by atoms with E-state index in [1.807, 2.05) is 26.0 Å². The lowest BCUT2D eigenvalue weighted by atomic mass is 9.97. The van der Waals surface area contributed by atoms with E-state index in [9.17, 15) is 14.4 Å². The lowest BCUT2D eigenvalue weighted by Crippen LogP contribution is -2.53. The molecule has 0 aromatic heterocycles. The van der Waals surface area contributed by atoms with E-state index >= 15 is 0 Å². The van der Waals surface area contributed by atoms with E-state index < -0.39 is 23.8 Å². The van der Waals surface area contributed by atoms with Gasteiger partial charge in [-0.3, -0.25) is 9.59 Å². The molecule has 7 heteroatoms. The average Bonchev–Trinajstić information content (AvgIpc) is 3.45. The number of hydrogen-bond donors (Lipinski definition) is 2. The van der Waals surface area contributed by atoms with Crippen molar-refractivity contribution < 1.29 is 19.1 Å². The Labute approximate surface area is 197 Å². The zero-order valence-corrected chi connectivity index (χ0v) is 20.6. The number of hydrogen-bond acceptors (Lipinski definition) is 4. The van der Waals surface area contributed by atoms with E-state index in [0.29, 0.717) is 17.7 Å². The molecule has 0 heterocycles. The molecule has 2 rings (SSSR count). The number of rotatable bonds is 9. The van der Waals surface area contributed by atoms with E-state index in [1.165, 1.54) is 0 Å². The lowest BCUT2D eigenvalue weighted by Gasteiger charge is -2.34. The molecule has 1 aromatic carbocycles. The number of ether oxygens (including phenoxy) is 1. The van der Waals surface area contributed by atoms with Crippen LogP contribution in [0.25, 0.3) is 0 Å². The summed E-state index contributed by atoms with van der Waals surface area (Å²) < 4.78 is 5.30. The minimum atomic E-state index is -0.889. The summed E-state index contributed by atoms with van der Waals surface area (Å²) in [4.78, 5) is 40.9. The first kappa shape index (κ1) is 26.2. The van der Waals surface area contributed by atoms with Gasteiger partial charge in [0.1, 0.15) is 17.7 Å². The average molecular weight is 456 g/mol. The van der Waals surface area contributed by atoms with Crippen molar-refractivity contribution in [3.63, 3.8) is 0 Å². The molecule has 3 amide bonds. The second-order valence-corrected chi connectivity index (χ2v) is 9.67. The Kier molecular flexibility index (Phi) is 8.92. The third kappa shape index (κ3) is 7.24. The summed E-state index contributed by atoms with van der Waals surface area (Å²) in [6.45, 7) is 11.5. The largest absolute Gasteiger partial charge is 0.444 e. The number of benzene rings is 1. The van der Waals surface area contributed by atoms with Gasteiger partial charge in [0.15, 0.2) is 0 Å². The highest BCUT2D eigenvalue weighted by Crippen LogP contribution is 2.41. The molecule has 2 N–H and O–H groups in total. The Morgan fingerprint density at radius 1 is 1.27 bits per heavy atom. The number of nitrogens with one attached hydrogen (secondary N) is 2. The number of carbonyl (C=O) groups excluding carboxylic acids is 3. The highest BCUT2D eigenvalue weighted by molar-refractivity contribution is 5.92. The molecule has 0 radical (unpaired) electrons. The molecule has 1 saturated carbocycles. The zero-order chi connectivity index (χ0) is 24.8. The van der Waals surface area contributed by atoms with Crippen molar-refractivity contribution in [3.8, 4) is 12.3 Å². The number of unbranched alkanes of at least 4 members (excludes halogenated alkanes) is 1. The zero-order valence-electron chi connectivity index (χ0n) is 20.6. The maximum absolute atomic E-state index is 13.6. The van der Waals surface area contributed by atoms with Gasteiger partial charge in [0.05, 0.1) is 0 Å². The van der Waals surface area contributed by atoms with Crippen molar-refractivity contribution in [1.82, 2.24) is 15.5 Å². The van der Waals surface area contributed by atoms with E-state index in [4.69, 9.17) is 11.2 Å². The first-order valence-electron chi connectivity index (χ1n) is 11.6. The quantitative estimate of drug-likeness (QED) is 0.438. The van der Waals surface area contributed by atoms with Gasteiger partial charge in [-0.05, 0) is 58.1 Å². The Morgan fingerprint density at radius 2 is 1.91 bits per heavy atom. The van der Waals surface area contributed by atoms with Gasteiger partial charge in [-0.15, -0.1) is 6.42 Å². The highest BCUT2D eigenvalue weighted by atomic mass is 16.6. The van der Waals surface area contributed by atoms with Crippen LogP contribution in [-0.2, 0) is 14.3 Å². The summed E-state index contributed by atoms with van der Waals surface area (Å²) >= 11 is 0. The van der Waals surface area contributed by atoms with Crippen LogP contribution in [0.15, 0.2) is 24.3 Å². The molecular formula is C26H37N3O4. The maximum Gasteiger partial charge on any atom is 0.408 e. The molecule has 7 nitrogen and oxygen atoms in total. The van der Waals surface area contributed by atoms with E-state index in [1.54, 1.807) is 44.7 Å². The molecule has 1 aromatic rings. The second kappa shape index (κ2) is 11.2. The van der Waals surface area contributed by atoms with Crippen LogP contribution in [0.5, 0.6) is 0 Å². The van der Waals surface area contributed by atoms with Crippen molar-refractivity contribution in [2.45, 2.75) is 84.5 Å². The van der Waals surface area contributed by atoms with Gasteiger partial charge in [0.2, 0.25) is 11.8 Å². The predicted molar refractivity (Wildman–Crippen MR) is 128 cm³/mol. The third-order valence-electron chi connectivity index (χ3n) is 5.55. The van der Waals surface area contributed by atoms with Crippen molar-refractivity contribution >= 4 is 17.9 Å². The lowest BCUT2D eigenvalue weighted by molar-refractivity contribution is -0.143. The Bertz CT molecular complexity index is 900. The number of carbonyl (C=O) groups is 3. The molecule has 33 heavy (non-hydrogen) atoms. The highest BCUT2D eigenvalue weighted by Gasteiger charge is 2.47. The fraction of sp³-hybridized carbons (Fsp3) is 0.577. The number of amides is 3. The van der Waals surface area contributed by atoms with Gasteiger partial charge >= 0.3 is 6.09 Å². The monoisotopic (exact) mass is 455 g/mol. The van der Waals surface area contributed by atoms with Crippen LogP contribution in [0.1, 0.15) is 78.0 Å². The third-order valence-corrected chi connectivity index (χ3v) is 5.55. The van der Waals surface area contributed by atoms with Crippen molar-refractivity contribution in [2.24, 2.45) is 5.92 Å². The van der Waals surface area contributed by atoms with Gasteiger partial charge in [-0.25, -0.2) is 4.79 Å². The fourth-order valence-electron chi connectivity index (χ4n) is 3.71. The summed E-state index contributed by atoms with van der Waals surface area (Å²) in [5.41, 5.74) is 0.475. The summed E-state index contributed by atoms with van der Waals surface area (Å²) in [7, 11) is 0. The van der Waals surface area contributed by atoms with Crippen molar-refractivity contribution in [3.05, 3.63) is 35.4 Å². The van der Waals surface area contributed by atoms with Gasteiger partial charge in [-0.2, -0.15) is 0 Å². The van der Waals surface area contributed by atoms with E-state index in [-0.39, 0.29) is 23.8 Å². The summed E-state index contributed by atoms with van der Waals surface area (Å²) in [6, 6.07) is 5.29. The van der Waals surface area contributed by atoms with Crippen molar-refractivity contribution in [2.75, 3.05) is 6.54 Å². The molecular weight excluding hydrogens is 418 g/mol. The van der Waals surface area contributed by atoms with Gasteiger partial charge in [0, 0.05) is 18.2 Å². The summed E-state index contributed by atoms with van der Waals surface area (Å²) in [6.07, 6.45) is 7.60. The summed E-state index contributed by atoms with van der Waals surface area (Å²) in [5.74, 6) is 2.26. The van der Waals surface area contributed by atoms with Gasteiger partial charge in [-0.1, -0.05) is 44.4 Å². The second-order valence-electron chi connectivity index (χ2n) is 9.67. The SMILES string of the molecule is C#Cc1ccccc1C(C(=O)NCCCC)N(C(=O)C(C)NC(=O)OC(C)(C)C)C1CC1C. The van der Waals surface area contributed by atoms with Crippen LogP contribution >= 0.6 is 0 Å². The maximum atomic E-state index is 13.6. The summed E-state index contributed by atoms with van der Waals surface area (Å²) in [5, 5.41) is 5.58. The minimum absolute atomic E-state index is 0.117. The smallest absolute Gasteiger partial charge is 0.408 e. The number of terminal acetylenes is 1. The Morgan fingerprint density at radius 3 is 2.45 bits per heavy atom. The Hall–Kier alpha value is -3.01. The van der Waals surface area contributed by atoms with Crippen LogP contribution in [-0.4, -0.2) is 47.0 Å². The topological polar surface area (TPSA) is 87.7 Å². The Balaban J connectivity index is 2.40. The fourth-order valence-corrected chi connectivity index (χ4v) is 3.71. The van der Waals surface area contributed by atoms with Gasteiger partial charge in [0.25, 0.3) is 0 Å².